The first-order valence-electron chi connectivity index (χ1n) is 5.41. The van der Waals surface area contributed by atoms with Gasteiger partial charge in [-0.05, 0) is 26.0 Å². The molecule has 0 atom stereocenters. The molecule has 0 spiro atoms. The van der Waals surface area contributed by atoms with E-state index in [-0.39, 0.29) is 5.75 Å². The molecule has 2 rings (SSSR count). The van der Waals surface area contributed by atoms with E-state index in [0.717, 1.165) is 5.56 Å². The van der Waals surface area contributed by atoms with Crippen LogP contribution >= 0.6 is 0 Å². The molecule has 5 nitrogen and oxygen atoms in total. The monoisotopic (exact) mass is 234 g/mol. The van der Waals surface area contributed by atoms with Crippen LogP contribution in [0, 0.1) is 6.92 Å². The van der Waals surface area contributed by atoms with E-state index in [0.29, 0.717) is 30.5 Å². The fourth-order valence-corrected chi connectivity index (χ4v) is 1.44. The lowest BCUT2D eigenvalue weighted by atomic mass is 10.1. The lowest BCUT2D eigenvalue weighted by molar-refractivity contribution is 0.126. The average molecular weight is 234 g/mol. The maximum absolute atomic E-state index is 9.71. The Morgan fingerprint density at radius 2 is 2.24 bits per heavy atom. The van der Waals surface area contributed by atoms with Gasteiger partial charge in [-0.2, -0.15) is 4.98 Å². The van der Waals surface area contributed by atoms with Gasteiger partial charge in [-0.1, -0.05) is 16.8 Å². The number of phenolic OH excluding ortho intramolecular Hbond substituents is 1. The molecule has 0 amide bonds. The maximum Gasteiger partial charge on any atom is 0.261 e. The Bertz CT molecular complexity index is 508. The molecule has 1 N–H and O–H groups in total. The summed E-state index contributed by atoms with van der Waals surface area (Å²) in [5.41, 5.74) is 1.56. The van der Waals surface area contributed by atoms with Crippen molar-refractivity contribution < 1.29 is 14.4 Å². The number of nitrogens with zero attached hydrogens (tertiary/aromatic N) is 2. The van der Waals surface area contributed by atoms with E-state index in [1.54, 1.807) is 12.1 Å². The van der Waals surface area contributed by atoms with Gasteiger partial charge in [0.15, 0.2) is 5.82 Å². The van der Waals surface area contributed by atoms with E-state index in [4.69, 9.17) is 9.26 Å². The predicted molar refractivity (Wildman–Crippen MR) is 61.5 cm³/mol. The number of hydrogen-bond acceptors (Lipinski definition) is 5. The van der Waals surface area contributed by atoms with Gasteiger partial charge in [0.2, 0.25) is 0 Å². The highest BCUT2D eigenvalue weighted by atomic mass is 16.5. The summed E-state index contributed by atoms with van der Waals surface area (Å²) >= 11 is 0. The summed E-state index contributed by atoms with van der Waals surface area (Å²) in [5.74, 6) is 0.908. The molecule has 0 aliphatic rings. The Morgan fingerprint density at radius 1 is 1.41 bits per heavy atom. The first-order chi connectivity index (χ1) is 8.20. The van der Waals surface area contributed by atoms with E-state index in [2.05, 4.69) is 10.1 Å². The minimum absolute atomic E-state index is 0.127. The Morgan fingerprint density at radius 3 is 3.00 bits per heavy atom. The van der Waals surface area contributed by atoms with Crippen LogP contribution < -0.4 is 0 Å². The zero-order chi connectivity index (χ0) is 12.3. The van der Waals surface area contributed by atoms with Crippen molar-refractivity contribution in [1.29, 1.82) is 0 Å². The van der Waals surface area contributed by atoms with Crippen molar-refractivity contribution >= 4 is 0 Å². The highest BCUT2D eigenvalue weighted by Gasteiger charge is 2.12. The van der Waals surface area contributed by atoms with Crippen molar-refractivity contribution in [2.45, 2.75) is 20.5 Å². The summed E-state index contributed by atoms with van der Waals surface area (Å²) in [4.78, 5) is 4.16. The Kier molecular flexibility index (Phi) is 3.39. The van der Waals surface area contributed by atoms with Gasteiger partial charge in [-0.3, -0.25) is 0 Å². The second-order valence-electron chi connectivity index (χ2n) is 3.67. The van der Waals surface area contributed by atoms with Gasteiger partial charge in [-0.15, -0.1) is 0 Å². The summed E-state index contributed by atoms with van der Waals surface area (Å²) in [6.45, 7) is 4.74. The third kappa shape index (κ3) is 2.62. The lowest BCUT2D eigenvalue weighted by Crippen LogP contribution is -1.93. The van der Waals surface area contributed by atoms with Crippen LogP contribution in [0.3, 0.4) is 0 Å². The number of phenols is 1. The number of ether oxygens (including phenoxy) is 1. The molecule has 0 fully saturated rings. The van der Waals surface area contributed by atoms with E-state index >= 15 is 0 Å². The molecule has 1 aromatic heterocycles. The molecule has 0 bridgehead atoms. The smallest absolute Gasteiger partial charge is 0.261 e. The van der Waals surface area contributed by atoms with Crippen LogP contribution in [-0.2, 0) is 11.3 Å². The molecule has 0 unspecified atom stereocenters. The molecule has 5 heteroatoms. The fraction of sp³-hybridized carbons (Fsp3) is 0.333. The third-order valence-corrected chi connectivity index (χ3v) is 2.29. The second kappa shape index (κ2) is 4.97. The predicted octanol–water partition coefficient (Wildman–Crippen LogP) is 2.29. The molecular weight excluding hydrogens is 220 g/mol. The second-order valence-corrected chi connectivity index (χ2v) is 3.67. The van der Waals surface area contributed by atoms with E-state index < -0.39 is 0 Å². The summed E-state index contributed by atoms with van der Waals surface area (Å²) in [7, 11) is 0. The number of hydrogen-bond donors (Lipinski definition) is 1. The first-order valence-corrected chi connectivity index (χ1v) is 5.41. The number of rotatable bonds is 4. The van der Waals surface area contributed by atoms with Gasteiger partial charge in [0.05, 0.1) is 5.56 Å². The fourth-order valence-electron chi connectivity index (χ4n) is 1.44. The standard InChI is InChI=1S/C12H14N2O3/c1-3-16-7-11-13-12(17-14-11)9-6-8(2)4-5-10(9)15/h4-6,15H,3,7H2,1-2H3. The summed E-state index contributed by atoms with van der Waals surface area (Å²) in [5, 5.41) is 13.5. The molecule has 0 aliphatic heterocycles. The van der Waals surface area contributed by atoms with Crippen LogP contribution in [0.2, 0.25) is 0 Å². The van der Waals surface area contributed by atoms with Crippen molar-refractivity contribution in [2.24, 2.45) is 0 Å². The van der Waals surface area contributed by atoms with Crippen molar-refractivity contribution in [3.63, 3.8) is 0 Å². The lowest BCUT2D eigenvalue weighted by Gasteiger charge is -2.00. The topological polar surface area (TPSA) is 68.4 Å². The van der Waals surface area contributed by atoms with E-state index in [1.807, 2.05) is 19.9 Å². The van der Waals surface area contributed by atoms with Gasteiger partial charge in [0.25, 0.3) is 5.89 Å². The Labute approximate surface area is 99.0 Å². The van der Waals surface area contributed by atoms with Crippen LogP contribution in [0.4, 0.5) is 0 Å². The van der Waals surface area contributed by atoms with E-state index in [9.17, 15) is 5.11 Å². The normalized spacial score (nSPS) is 10.7. The van der Waals surface area contributed by atoms with Crippen LogP contribution in [0.5, 0.6) is 5.75 Å². The third-order valence-electron chi connectivity index (χ3n) is 2.29. The molecule has 0 radical (unpaired) electrons. The summed E-state index contributed by atoms with van der Waals surface area (Å²) in [6, 6.07) is 5.22. The average Bonchev–Trinajstić information content (AvgIpc) is 2.78. The molecule has 1 heterocycles. The van der Waals surface area contributed by atoms with Crippen molar-refractivity contribution in [2.75, 3.05) is 6.61 Å². The zero-order valence-corrected chi connectivity index (χ0v) is 9.80. The number of aryl methyl sites for hydroxylation is 1. The van der Waals surface area contributed by atoms with Crippen molar-refractivity contribution in [3.05, 3.63) is 29.6 Å². The van der Waals surface area contributed by atoms with Crippen molar-refractivity contribution in [1.82, 2.24) is 10.1 Å². The minimum Gasteiger partial charge on any atom is -0.507 e. The summed E-state index contributed by atoms with van der Waals surface area (Å²) < 4.78 is 10.3. The highest BCUT2D eigenvalue weighted by Crippen LogP contribution is 2.28. The largest absolute Gasteiger partial charge is 0.507 e. The first kappa shape index (κ1) is 11.6. The van der Waals surface area contributed by atoms with Crippen LogP contribution in [0.1, 0.15) is 18.3 Å². The minimum atomic E-state index is 0.127. The molecular formula is C12H14N2O3. The zero-order valence-electron chi connectivity index (χ0n) is 9.80. The maximum atomic E-state index is 9.71. The number of aromatic hydroxyl groups is 1. The highest BCUT2D eigenvalue weighted by molar-refractivity contribution is 5.62. The van der Waals surface area contributed by atoms with Gasteiger partial charge < -0.3 is 14.4 Å². The van der Waals surface area contributed by atoms with E-state index in [1.165, 1.54) is 0 Å². The quantitative estimate of drug-likeness (QED) is 0.878. The molecule has 0 saturated heterocycles. The number of benzene rings is 1. The van der Waals surface area contributed by atoms with Gasteiger partial charge in [0.1, 0.15) is 12.4 Å². The number of aromatic nitrogens is 2. The molecule has 17 heavy (non-hydrogen) atoms. The van der Waals surface area contributed by atoms with Gasteiger partial charge >= 0.3 is 0 Å². The molecule has 1 aromatic carbocycles. The van der Waals surface area contributed by atoms with Crippen molar-refractivity contribution in [3.8, 4) is 17.2 Å². The summed E-state index contributed by atoms with van der Waals surface area (Å²) in [6.07, 6.45) is 0. The van der Waals surface area contributed by atoms with Crippen LogP contribution in [-0.4, -0.2) is 21.9 Å². The Hall–Kier alpha value is -1.88. The molecule has 2 aromatic rings. The molecule has 0 saturated carbocycles. The Balaban J connectivity index is 2.27. The van der Waals surface area contributed by atoms with Crippen LogP contribution in [0.15, 0.2) is 22.7 Å². The molecule has 90 valence electrons. The van der Waals surface area contributed by atoms with Crippen LogP contribution in [0.25, 0.3) is 11.5 Å². The SMILES string of the molecule is CCOCc1noc(-c2cc(C)ccc2O)n1. The molecule has 0 aliphatic carbocycles. The van der Waals surface area contributed by atoms with Gasteiger partial charge in [-0.25, -0.2) is 0 Å². The van der Waals surface area contributed by atoms with Gasteiger partial charge in [0, 0.05) is 6.61 Å².